The van der Waals surface area contributed by atoms with Crippen LogP contribution in [-0.4, -0.2) is 66.6 Å². The van der Waals surface area contributed by atoms with Gasteiger partial charge in [-0.3, -0.25) is 10.1 Å². The molecule has 4 N–H and O–H groups in total. The highest BCUT2D eigenvalue weighted by Gasteiger charge is 2.42. The summed E-state index contributed by atoms with van der Waals surface area (Å²) in [7, 11) is 0. The van der Waals surface area contributed by atoms with Gasteiger partial charge < -0.3 is 20.4 Å². The van der Waals surface area contributed by atoms with Gasteiger partial charge in [-0.2, -0.15) is 5.10 Å². The molecule has 2 fully saturated rings. The van der Waals surface area contributed by atoms with Gasteiger partial charge in [-0.05, 0) is 36.8 Å². The molecular weight excluding hydrogens is 336 g/mol. The molecule has 1 aliphatic heterocycles. The molecule has 1 saturated carbocycles. The first-order valence-electron chi connectivity index (χ1n) is 8.80. The molecule has 0 aromatic carbocycles. The van der Waals surface area contributed by atoms with E-state index in [1.807, 2.05) is 12.1 Å². The molecule has 3 heterocycles. The van der Waals surface area contributed by atoms with Gasteiger partial charge in [0.25, 0.3) is 0 Å². The van der Waals surface area contributed by atoms with E-state index in [4.69, 9.17) is 0 Å². The summed E-state index contributed by atoms with van der Waals surface area (Å²) in [5, 5.41) is 29.4. The van der Waals surface area contributed by atoms with E-state index in [1.54, 1.807) is 17.3 Å². The van der Waals surface area contributed by atoms with Gasteiger partial charge in [-0.1, -0.05) is 0 Å². The van der Waals surface area contributed by atoms with Crippen LogP contribution in [0.3, 0.4) is 0 Å². The summed E-state index contributed by atoms with van der Waals surface area (Å²) in [6, 6.07) is 3.48. The number of rotatable bonds is 3. The van der Waals surface area contributed by atoms with E-state index >= 15 is 0 Å². The molecule has 138 valence electrons. The van der Waals surface area contributed by atoms with Crippen molar-refractivity contribution >= 4 is 6.03 Å². The number of aliphatic hydroxyl groups excluding tert-OH is 2. The van der Waals surface area contributed by atoms with Crippen molar-refractivity contribution in [1.29, 1.82) is 0 Å². The Kier molecular flexibility index (Phi) is 4.56. The number of H-pyrrole nitrogens is 1. The molecule has 9 heteroatoms. The minimum Gasteiger partial charge on any atom is -0.390 e. The van der Waals surface area contributed by atoms with E-state index in [9.17, 15) is 15.0 Å². The van der Waals surface area contributed by atoms with Crippen LogP contribution in [0.1, 0.15) is 18.7 Å². The second-order valence-corrected chi connectivity index (χ2v) is 7.03. The van der Waals surface area contributed by atoms with Crippen molar-refractivity contribution in [1.82, 2.24) is 30.4 Å². The monoisotopic (exact) mass is 358 g/mol. The lowest BCUT2D eigenvalue weighted by atomic mass is 9.79. The molecule has 26 heavy (non-hydrogen) atoms. The normalized spacial score (nSPS) is 28.0. The zero-order valence-electron chi connectivity index (χ0n) is 14.2. The highest BCUT2D eigenvalue weighted by Crippen LogP contribution is 2.36. The lowest BCUT2D eigenvalue weighted by Crippen LogP contribution is -2.38. The zero-order chi connectivity index (χ0) is 18.1. The Morgan fingerprint density at radius 3 is 2.50 bits per heavy atom. The maximum atomic E-state index is 12.4. The summed E-state index contributed by atoms with van der Waals surface area (Å²) in [6.07, 6.45) is 3.09. The third kappa shape index (κ3) is 3.40. The molecular formula is C17H22N6O3. The Morgan fingerprint density at radius 1 is 1.19 bits per heavy atom. The molecule has 0 bridgehead atoms. The number of fused-ring (bicyclic) bond motifs is 1. The van der Waals surface area contributed by atoms with Crippen LogP contribution in [0.4, 0.5) is 4.79 Å². The van der Waals surface area contributed by atoms with Crippen LogP contribution in [0.25, 0.3) is 11.4 Å². The van der Waals surface area contributed by atoms with Crippen molar-refractivity contribution in [3.63, 3.8) is 0 Å². The summed E-state index contributed by atoms with van der Waals surface area (Å²) < 4.78 is 0. The quantitative estimate of drug-likeness (QED) is 0.618. The molecule has 1 aliphatic carbocycles. The van der Waals surface area contributed by atoms with Gasteiger partial charge in [0.1, 0.15) is 5.82 Å². The summed E-state index contributed by atoms with van der Waals surface area (Å²) in [5.41, 5.74) is 0.856. The fourth-order valence-corrected chi connectivity index (χ4v) is 3.85. The molecule has 1 saturated heterocycles. The number of pyridine rings is 1. The third-order valence-corrected chi connectivity index (χ3v) is 5.27. The van der Waals surface area contributed by atoms with Gasteiger partial charge in [0.2, 0.25) is 0 Å². The first kappa shape index (κ1) is 16.9. The first-order valence-corrected chi connectivity index (χ1v) is 8.80. The number of nitrogens with zero attached hydrogens (tertiary/aromatic N) is 4. The fourth-order valence-electron chi connectivity index (χ4n) is 3.85. The van der Waals surface area contributed by atoms with Crippen molar-refractivity contribution in [3.8, 4) is 11.4 Å². The summed E-state index contributed by atoms with van der Waals surface area (Å²) in [4.78, 5) is 22.5. The van der Waals surface area contributed by atoms with E-state index in [2.05, 4.69) is 25.5 Å². The number of aromatic nitrogens is 4. The van der Waals surface area contributed by atoms with Crippen LogP contribution < -0.4 is 5.32 Å². The van der Waals surface area contributed by atoms with Gasteiger partial charge in [-0.25, -0.2) is 9.78 Å². The molecule has 4 atom stereocenters. The molecule has 0 unspecified atom stereocenters. The maximum absolute atomic E-state index is 12.4. The first-order chi connectivity index (χ1) is 12.6. The van der Waals surface area contributed by atoms with E-state index < -0.39 is 12.2 Å². The van der Waals surface area contributed by atoms with Crippen LogP contribution in [-0.2, 0) is 6.54 Å². The molecule has 2 amide bonds. The lowest BCUT2D eigenvalue weighted by Gasteiger charge is -2.31. The smallest absolute Gasteiger partial charge is 0.317 e. The standard InChI is InChI=1S/C17H22N6O3/c24-13-5-11-8-23(9-12(11)6-14(13)25)17(26)19-7-15-20-16(22-21-15)10-1-3-18-4-2-10/h1-4,11-14,24-25H,5-9H2,(H,19,26)(H,20,21,22)/t11-,12+,13-,14-/m0/s1. The average Bonchev–Trinajstić information content (AvgIpc) is 3.28. The number of nitrogens with one attached hydrogen (secondary N) is 2. The van der Waals surface area contributed by atoms with Crippen molar-refractivity contribution < 1.29 is 15.0 Å². The third-order valence-electron chi connectivity index (χ3n) is 5.27. The van der Waals surface area contributed by atoms with Crippen LogP contribution in [0, 0.1) is 11.8 Å². The van der Waals surface area contributed by atoms with Crippen molar-refractivity contribution in [2.24, 2.45) is 11.8 Å². The van der Waals surface area contributed by atoms with Gasteiger partial charge in [-0.15, -0.1) is 0 Å². The lowest BCUT2D eigenvalue weighted by molar-refractivity contribution is -0.0372. The average molecular weight is 358 g/mol. The van der Waals surface area contributed by atoms with Crippen LogP contribution in [0.2, 0.25) is 0 Å². The van der Waals surface area contributed by atoms with Gasteiger partial charge in [0.15, 0.2) is 5.82 Å². The van der Waals surface area contributed by atoms with E-state index in [0.717, 1.165) is 5.56 Å². The van der Waals surface area contributed by atoms with Crippen molar-refractivity contribution in [2.75, 3.05) is 13.1 Å². The number of hydrogen-bond donors (Lipinski definition) is 4. The second kappa shape index (κ2) is 7.00. The number of carbonyl (C=O) groups excluding carboxylic acids is 1. The zero-order valence-corrected chi connectivity index (χ0v) is 14.2. The molecule has 2 aliphatic rings. The Labute approximate surface area is 150 Å². The van der Waals surface area contributed by atoms with Crippen LogP contribution in [0.5, 0.6) is 0 Å². The molecule has 2 aromatic rings. The number of amides is 2. The summed E-state index contributed by atoms with van der Waals surface area (Å²) in [5.74, 6) is 1.64. The molecule has 0 spiro atoms. The number of aromatic amines is 1. The van der Waals surface area contributed by atoms with Crippen LogP contribution in [0.15, 0.2) is 24.5 Å². The second-order valence-electron chi connectivity index (χ2n) is 7.03. The predicted molar refractivity (Wildman–Crippen MR) is 91.7 cm³/mol. The highest BCUT2D eigenvalue weighted by molar-refractivity contribution is 5.74. The number of hydrogen-bond acceptors (Lipinski definition) is 6. The van der Waals surface area contributed by atoms with Crippen molar-refractivity contribution in [3.05, 3.63) is 30.4 Å². The number of carbonyl (C=O) groups is 1. The highest BCUT2D eigenvalue weighted by atomic mass is 16.3. The van der Waals surface area contributed by atoms with Crippen molar-refractivity contribution in [2.45, 2.75) is 31.6 Å². The van der Waals surface area contributed by atoms with E-state index in [0.29, 0.717) is 37.6 Å². The van der Waals surface area contributed by atoms with Crippen LogP contribution >= 0.6 is 0 Å². The predicted octanol–water partition coefficient (Wildman–Crippen LogP) is 0.140. The number of aliphatic hydroxyl groups is 2. The Hall–Kier alpha value is -2.52. The van der Waals surface area contributed by atoms with Gasteiger partial charge in [0, 0.05) is 31.0 Å². The number of urea groups is 1. The van der Waals surface area contributed by atoms with Gasteiger partial charge >= 0.3 is 6.03 Å². The molecule has 4 rings (SSSR count). The van der Waals surface area contributed by atoms with Gasteiger partial charge in [0.05, 0.1) is 18.8 Å². The number of likely N-dealkylation sites (tertiary alicyclic amines) is 1. The summed E-state index contributed by atoms with van der Waals surface area (Å²) >= 11 is 0. The largest absolute Gasteiger partial charge is 0.390 e. The minimum atomic E-state index is -0.680. The fraction of sp³-hybridized carbons (Fsp3) is 0.529. The Bertz CT molecular complexity index is 749. The molecule has 0 radical (unpaired) electrons. The topological polar surface area (TPSA) is 127 Å². The Balaban J connectivity index is 1.32. The SMILES string of the molecule is O=C(NCc1nc(-c2ccncc2)n[nH]1)N1C[C@H]2C[C@H](O)[C@@H](O)C[C@H]2C1. The minimum absolute atomic E-state index is 0.162. The maximum Gasteiger partial charge on any atom is 0.317 e. The Morgan fingerprint density at radius 2 is 1.85 bits per heavy atom. The summed E-state index contributed by atoms with van der Waals surface area (Å²) in [6.45, 7) is 1.48. The van der Waals surface area contributed by atoms with E-state index in [-0.39, 0.29) is 24.4 Å². The van der Waals surface area contributed by atoms with E-state index in [1.165, 1.54) is 0 Å². The molecule has 9 nitrogen and oxygen atoms in total. The molecule has 2 aromatic heterocycles.